The largest absolute Gasteiger partial charge is 0.484 e. The Morgan fingerprint density at radius 3 is 2.57 bits per heavy atom. The fourth-order valence-electron chi connectivity index (χ4n) is 2.69. The van der Waals surface area contributed by atoms with Crippen molar-refractivity contribution in [2.75, 3.05) is 33.0 Å². The molecule has 0 aromatic heterocycles. The molecule has 1 aromatic rings. The lowest BCUT2D eigenvalue weighted by Gasteiger charge is -2.35. The predicted octanol–water partition coefficient (Wildman–Crippen LogP) is 1.26. The molecule has 1 aliphatic rings. The summed E-state index contributed by atoms with van der Waals surface area (Å²) in [5.74, 6) is 0.622. The van der Waals surface area contributed by atoms with E-state index in [9.17, 15) is 13.2 Å². The summed E-state index contributed by atoms with van der Waals surface area (Å²) in [7, 11) is -1.59. The molecule has 128 valence electrons. The first kappa shape index (κ1) is 17.7. The number of aryl methyl sites for hydroxylation is 1. The molecule has 0 atom stereocenters. The zero-order valence-electron chi connectivity index (χ0n) is 13.9. The van der Waals surface area contributed by atoms with Crippen LogP contribution in [-0.4, -0.2) is 62.6 Å². The van der Waals surface area contributed by atoms with Crippen molar-refractivity contribution in [3.8, 4) is 5.75 Å². The van der Waals surface area contributed by atoms with Crippen LogP contribution in [0.5, 0.6) is 5.75 Å². The quantitative estimate of drug-likeness (QED) is 0.809. The van der Waals surface area contributed by atoms with E-state index in [0.717, 1.165) is 5.56 Å². The highest BCUT2D eigenvalue weighted by Gasteiger charge is 2.29. The number of hydrogen-bond acceptors (Lipinski definition) is 4. The smallest absolute Gasteiger partial charge is 0.260 e. The van der Waals surface area contributed by atoms with E-state index in [0.29, 0.717) is 31.7 Å². The number of ether oxygens (including phenoxy) is 1. The van der Waals surface area contributed by atoms with Crippen LogP contribution in [0, 0.1) is 6.92 Å². The molecule has 0 N–H and O–H groups in total. The van der Waals surface area contributed by atoms with Crippen LogP contribution >= 0.6 is 0 Å². The molecule has 6 nitrogen and oxygen atoms in total. The van der Waals surface area contributed by atoms with Crippen LogP contribution in [0.4, 0.5) is 0 Å². The van der Waals surface area contributed by atoms with Gasteiger partial charge in [0.05, 0.1) is 6.26 Å². The zero-order valence-corrected chi connectivity index (χ0v) is 14.7. The van der Waals surface area contributed by atoms with Crippen molar-refractivity contribution >= 4 is 15.9 Å². The average molecular weight is 340 g/mol. The molecule has 0 bridgehead atoms. The van der Waals surface area contributed by atoms with Gasteiger partial charge in [0.2, 0.25) is 10.0 Å². The fraction of sp³-hybridized carbons (Fsp3) is 0.562. The van der Waals surface area contributed by atoms with Crippen LogP contribution in [0.1, 0.15) is 18.4 Å². The van der Waals surface area contributed by atoms with Crippen molar-refractivity contribution in [1.29, 1.82) is 0 Å². The summed E-state index contributed by atoms with van der Waals surface area (Å²) in [6.45, 7) is 3.09. The van der Waals surface area contributed by atoms with Crippen molar-refractivity contribution < 1.29 is 17.9 Å². The van der Waals surface area contributed by atoms with E-state index in [1.165, 1.54) is 10.6 Å². The molecule has 1 saturated heterocycles. The van der Waals surface area contributed by atoms with Gasteiger partial charge in [-0.1, -0.05) is 12.1 Å². The monoisotopic (exact) mass is 340 g/mol. The Labute approximate surface area is 138 Å². The third-order valence-electron chi connectivity index (χ3n) is 4.21. The van der Waals surface area contributed by atoms with Gasteiger partial charge >= 0.3 is 0 Å². The van der Waals surface area contributed by atoms with Crippen molar-refractivity contribution in [3.05, 3.63) is 29.8 Å². The summed E-state index contributed by atoms with van der Waals surface area (Å²) in [6, 6.07) is 7.54. The molecule has 0 unspecified atom stereocenters. The molecule has 1 amide bonds. The SMILES string of the molecule is Cc1cccc(OCC(=O)N2CCC(N(C)S(C)(=O)=O)CC2)c1. The third-order valence-corrected chi connectivity index (χ3v) is 5.55. The lowest BCUT2D eigenvalue weighted by Crippen LogP contribution is -2.48. The van der Waals surface area contributed by atoms with Gasteiger partial charge in [-0.2, -0.15) is 0 Å². The van der Waals surface area contributed by atoms with Gasteiger partial charge in [0.15, 0.2) is 6.61 Å². The summed E-state index contributed by atoms with van der Waals surface area (Å²) in [5, 5.41) is 0. The van der Waals surface area contributed by atoms with Gasteiger partial charge in [0.25, 0.3) is 5.91 Å². The van der Waals surface area contributed by atoms with E-state index in [4.69, 9.17) is 4.74 Å². The van der Waals surface area contributed by atoms with Crippen LogP contribution < -0.4 is 4.74 Å². The van der Waals surface area contributed by atoms with E-state index in [1.807, 2.05) is 31.2 Å². The van der Waals surface area contributed by atoms with Crippen LogP contribution in [0.15, 0.2) is 24.3 Å². The molecule has 0 radical (unpaired) electrons. The van der Waals surface area contributed by atoms with Gasteiger partial charge in [-0.15, -0.1) is 0 Å². The normalized spacial score (nSPS) is 16.6. The van der Waals surface area contributed by atoms with E-state index in [-0.39, 0.29) is 18.6 Å². The highest BCUT2D eigenvalue weighted by molar-refractivity contribution is 7.88. The van der Waals surface area contributed by atoms with Gasteiger partial charge in [-0.3, -0.25) is 4.79 Å². The first-order valence-corrected chi connectivity index (χ1v) is 9.52. The lowest BCUT2D eigenvalue weighted by molar-refractivity contribution is -0.134. The Morgan fingerprint density at radius 1 is 1.35 bits per heavy atom. The number of likely N-dealkylation sites (tertiary alicyclic amines) is 1. The highest BCUT2D eigenvalue weighted by Crippen LogP contribution is 2.18. The molecule has 1 aromatic carbocycles. The minimum atomic E-state index is -3.19. The second-order valence-electron chi connectivity index (χ2n) is 6.00. The molecule has 23 heavy (non-hydrogen) atoms. The number of amides is 1. The van der Waals surface area contributed by atoms with E-state index in [1.54, 1.807) is 11.9 Å². The maximum atomic E-state index is 12.2. The number of carbonyl (C=O) groups excluding carboxylic acids is 1. The van der Waals surface area contributed by atoms with Crippen molar-refractivity contribution in [2.24, 2.45) is 0 Å². The Bertz CT molecular complexity index is 652. The minimum Gasteiger partial charge on any atom is -0.484 e. The van der Waals surface area contributed by atoms with E-state index >= 15 is 0 Å². The number of carbonyl (C=O) groups is 1. The van der Waals surface area contributed by atoms with Crippen LogP contribution in [0.2, 0.25) is 0 Å². The molecule has 1 aliphatic heterocycles. The molecule has 0 spiro atoms. The van der Waals surface area contributed by atoms with E-state index in [2.05, 4.69) is 0 Å². The maximum Gasteiger partial charge on any atom is 0.260 e. The number of piperidine rings is 1. The van der Waals surface area contributed by atoms with Crippen LogP contribution in [0.3, 0.4) is 0 Å². The number of benzene rings is 1. The summed E-state index contributed by atoms with van der Waals surface area (Å²) in [5.41, 5.74) is 1.08. The van der Waals surface area contributed by atoms with Crippen molar-refractivity contribution in [1.82, 2.24) is 9.21 Å². The fourth-order valence-corrected chi connectivity index (χ4v) is 3.44. The average Bonchev–Trinajstić information content (AvgIpc) is 2.51. The van der Waals surface area contributed by atoms with E-state index < -0.39 is 10.0 Å². The van der Waals surface area contributed by atoms with Gasteiger partial charge < -0.3 is 9.64 Å². The summed E-state index contributed by atoms with van der Waals surface area (Å²) in [6.07, 6.45) is 2.51. The zero-order chi connectivity index (χ0) is 17.0. The number of nitrogens with zero attached hydrogens (tertiary/aromatic N) is 2. The second kappa shape index (κ2) is 7.31. The molecule has 0 aliphatic carbocycles. The van der Waals surface area contributed by atoms with Gasteiger partial charge in [0.1, 0.15) is 5.75 Å². The lowest BCUT2D eigenvalue weighted by atomic mass is 10.1. The summed E-state index contributed by atoms with van der Waals surface area (Å²) < 4.78 is 30.0. The van der Waals surface area contributed by atoms with Gasteiger partial charge in [-0.05, 0) is 37.5 Å². The Kier molecular flexibility index (Phi) is 5.64. The minimum absolute atomic E-state index is 0.00996. The summed E-state index contributed by atoms with van der Waals surface area (Å²) >= 11 is 0. The predicted molar refractivity (Wildman–Crippen MR) is 88.9 cm³/mol. The highest BCUT2D eigenvalue weighted by atomic mass is 32.2. The standard InChI is InChI=1S/C16H24N2O4S/c1-13-5-4-6-15(11-13)22-12-16(19)18-9-7-14(8-10-18)17(2)23(3,20)21/h4-6,11,14H,7-10,12H2,1-3H3. The second-order valence-corrected chi connectivity index (χ2v) is 8.04. The Balaban J connectivity index is 1.82. The first-order chi connectivity index (χ1) is 10.8. The molecular formula is C16H24N2O4S. The van der Waals surface area contributed by atoms with Crippen LogP contribution in [0.25, 0.3) is 0 Å². The van der Waals surface area contributed by atoms with Gasteiger partial charge in [0, 0.05) is 26.2 Å². The molecular weight excluding hydrogens is 316 g/mol. The molecule has 0 saturated carbocycles. The molecule has 7 heteroatoms. The number of hydrogen-bond donors (Lipinski definition) is 0. The van der Waals surface area contributed by atoms with Crippen molar-refractivity contribution in [3.63, 3.8) is 0 Å². The maximum absolute atomic E-state index is 12.2. The molecule has 1 heterocycles. The van der Waals surface area contributed by atoms with Crippen LogP contribution in [-0.2, 0) is 14.8 Å². The Morgan fingerprint density at radius 2 is 2.00 bits per heavy atom. The topological polar surface area (TPSA) is 66.9 Å². The summed E-state index contributed by atoms with van der Waals surface area (Å²) in [4.78, 5) is 13.9. The van der Waals surface area contributed by atoms with Gasteiger partial charge in [-0.25, -0.2) is 12.7 Å². The third kappa shape index (κ3) is 4.94. The van der Waals surface area contributed by atoms with Crippen molar-refractivity contribution in [2.45, 2.75) is 25.8 Å². The Hall–Kier alpha value is -1.60. The number of sulfonamides is 1. The first-order valence-electron chi connectivity index (χ1n) is 7.67. The molecule has 2 rings (SSSR count). The molecule has 1 fully saturated rings. The number of rotatable bonds is 5.